The van der Waals surface area contributed by atoms with Crippen molar-refractivity contribution >= 4 is 0 Å². The van der Waals surface area contributed by atoms with Gasteiger partial charge in [-0.1, -0.05) is 36.4 Å². The van der Waals surface area contributed by atoms with Gasteiger partial charge in [-0.25, -0.2) is 8.78 Å². The number of benzene rings is 3. The Labute approximate surface area is 204 Å². The molecule has 5 rings (SSSR count). The molecule has 5 nitrogen and oxygen atoms in total. The summed E-state index contributed by atoms with van der Waals surface area (Å²) < 4.78 is 34.2. The quantitative estimate of drug-likeness (QED) is 0.408. The number of nitrogens with one attached hydrogen (secondary N) is 1. The number of piperazine rings is 1. The second kappa shape index (κ2) is 9.98. The zero-order chi connectivity index (χ0) is 24.4. The normalized spacial score (nSPS) is 15.8. The van der Waals surface area contributed by atoms with Gasteiger partial charge in [0.2, 0.25) is 0 Å². The Balaban J connectivity index is 1.47. The Morgan fingerprint density at radius 2 is 1.54 bits per heavy atom. The lowest BCUT2D eigenvalue weighted by atomic mass is 9.94. The van der Waals surface area contributed by atoms with Gasteiger partial charge in [0, 0.05) is 43.5 Å². The number of hydrogen-bond acceptors (Lipinski definition) is 4. The number of rotatable bonds is 6. The first kappa shape index (κ1) is 23.2. The van der Waals surface area contributed by atoms with Crippen LogP contribution in [0.1, 0.15) is 17.2 Å². The van der Waals surface area contributed by atoms with Crippen LogP contribution in [-0.4, -0.2) is 60.3 Å². The van der Waals surface area contributed by atoms with Gasteiger partial charge in [-0.05, 0) is 53.6 Å². The first-order valence-corrected chi connectivity index (χ1v) is 11.7. The van der Waals surface area contributed by atoms with Crippen molar-refractivity contribution < 1.29 is 13.5 Å². The van der Waals surface area contributed by atoms with Gasteiger partial charge in [-0.15, -0.1) is 0 Å². The van der Waals surface area contributed by atoms with Gasteiger partial charge in [0.15, 0.2) is 11.6 Å². The highest BCUT2D eigenvalue weighted by Crippen LogP contribution is 2.34. The van der Waals surface area contributed by atoms with Gasteiger partial charge in [0.05, 0.1) is 19.3 Å². The summed E-state index contributed by atoms with van der Waals surface area (Å²) in [6.07, 6.45) is 3.75. The summed E-state index contributed by atoms with van der Waals surface area (Å²) in [6.45, 7) is 3.81. The maximum Gasteiger partial charge on any atom is 0.165 e. The fourth-order valence-electron chi connectivity index (χ4n) is 4.73. The van der Waals surface area contributed by atoms with E-state index in [9.17, 15) is 4.39 Å². The topological polar surface area (TPSA) is 44.4 Å². The maximum absolute atomic E-state index is 15.0. The molecule has 4 aromatic rings. The molecule has 1 unspecified atom stereocenters. The van der Waals surface area contributed by atoms with Crippen LogP contribution in [0.4, 0.5) is 8.78 Å². The molecular formula is C28H28F2N4O. The third-order valence-electron chi connectivity index (χ3n) is 6.73. The summed E-state index contributed by atoms with van der Waals surface area (Å²) >= 11 is 0. The summed E-state index contributed by atoms with van der Waals surface area (Å²) in [4.78, 5) is 4.73. The fraction of sp³-hybridized carbons (Fsp3) is 0.250. The van der Waals surface area contributed by atoms with E-state index >= 15 is 4.39 Å². The van der Waals surface area contributed by atoms with Crippen LogP contribution >= 0.6 is 0 Å². The molecule has 1 saturated heterocycles. The van der Waals surface area contributed by atoms with Gasteiger partial charge < -0.3 is 9.64 Å². The molecule has 2 heterocycles. The summed E-state index contributed by atoms with van der Waals surface area (Å²) in [5.41, 5.74) is 4.97. The lowest BCUT2D eigenvalue weighted by Crippen LogP contribution is -2.46. The van der Waals surface area contributed by atoms with Crippen molar-refractivity contribution in [3.05, 3.63) is 95.8 Å². The minimum absolute atomic E-state index is 0.0108. The monoisotopic (exact) mass is 474 g/mol. The highest BCUT2D eigenvalue weighted by molar-refractivity contribution is 5.71. The average molecular weight is 475 g/mol. The molecule has 0 aliphatic carbocycles. The minimum atomic E-state index is -0.415. The number of likely N-dealkylation sites (N-methyl/N-ethyl adjacent to an activating group) is 1. The fourth-order valence-corrected chi connectivity index (χ4v) is 4.73. The molecule has 0 radical (unpaired) electrons. The second-order valence-corrected chi connectivity index (χ2v) is 8.94. The molecule has 180 valence electrons. The second-order valence-electron chi connectivity index (χ2n) is 8.94. The molecule has 3 aromatic carbocycles. The van der Waals surface area contributed by atoms with Gasteiger partial charge in [-0.2, -0.15) is 5.10 Å². The van der Waals surface area contributed by atoms with Crippen LogP contribution in [-0.2, 0) is 0 Å². The maximum atomic E-state index is 15.0. The highest BCUT2D eigenvalue weighted by Gasteiger charge is 2.27. The van der Waals surface area contributed by atoms with Gasteiger partial charge in [0.1, 0.15) is 5.82 Å². The van der Waals surface area contributed by atoms with E-state index in [1.807, 2.05) is 54.9 Å². The molecule has 1 fully saturated rings. The molecule has 1 aliphatic heterocycles. The predicted molar refractivity (Wildman–Crippen MR) is 133 cm³/mol. The number of aromatic amines is 1. The Morgan fingerprint density at radius 3 is 2.20 bits per heavy atom. The van der Waals surface area contributed by atoms with E-state index < -0.39 is 5.82 Å². The van der Waals surface area contributed by atoms with E-state index in [4.69, 9.17) is 4.74 Å². The van der Waals surface area contributed by atoms with Crippen LogP contribution in [0, 0.1) is 11.6 Å². The number of hydrogen-bond donors (Lipinski definition) is 1. The van der Waals surface area contributed by atoms with Crippen LogP contribution in [0.2, 0.25) is 0 Å². The molecule has 1 N–H and O–H groups in total. The number of aromatic nitrogens is 2. The number of H-pyrrole nitrogens is 1. The van der Waals surface area contributed by atoms with Crippen molar-refractivity contribution in [2.45, 2.75) is 6.04 Å². The summed E-state index contributed by atoms with van der Waals surface area (Å²) in [6, 6.07) is 17.7. The predicted octanol–water partition coefficient (Wildman–Crippen LogP) is 5.37. The zero-order valence-electron chi connectivity index (χ0n) is 19.8. The Morgan fingerprint density at radius 1 is 0.829 bits per heavy atom. The molecule has 35 heavy (non-hydrogen) atoms. The third-order valence-corrected chi connectivity index (χ3v) is 6.73. The Hall–Kier alpha value is -3.55. The van der Waals surface area contributed by atoms with Crippen molar-refractivity contribution in [1.82, 2.24) is 20.0 Å². The average Bonchev–Trinajstić information content (AvgIpc) is 3.41. The van der Waals surface area contributed by atoms with Gasteiger partial charge >= 0.3 is 0 Å². The van der Waals surface area contributed by atoms with Crippen molar-refractivity contribution in [2.24, 2.45) is 0 Å². The first-order valence-electron chi connectivity index (χ1n) is 11.7. The highest BCUT2D eigenvalue weighted by atomic mass is 19.1. The number of halogens is 2. The van der Waals surface area contributed by atoms with E-state index in [1.54, 1.807) is 12.1 Å². The molecule has 0 spiro atoms. The van der Waals surface area contributed by atoms with E-state index in [-0.39, 0.29) is 17.6 Å². The summed E-state index contributed by atoms with van der Waals surface area (Å²) in [7, 11) is 3.57. The Kier molecular flexibility index (Phi) is 6.61. The van der Waals surface area contributed by atoms with Crippen LogP contribution in [0.3, 0.4) is 0 Å². The molecule has 0 bridgehead atoms. The molecule has 7 heteroatoms. The molecule has 1 atom stereocenters. The van der Waals surface area contributed by atoms with Crippen LogP contribution < -0.4 is 4.74 Å². The van der Waals surface area contributed by atoms with Gasteiger partial charge in [-0.3, -0.25) is 10.00 Å². The first-order chi connectivity index (χ1) is 17.0. The van der Waals surface area contributed by atoms with Crippen LogP contribution in [0.5, 0.6) is 5.75 Å². The largest absolute Gasteiger partial charge is 0.494 e. The van der Waals surface area contributed by atoms with Crippen molar-refractivity contribution in [2.75, 3.05) is 40.3 Å². The molecule has 1 aromatic heterocycles. The smallest absolute Gasteiger partial charge is 0.165 e. The van der Waals surface area contributed by atoms with Gasteiger partial charge in [0.25, 0.3) is 0 Å². The van der Waals surface area contributed by atoms with E-state index in [0.717, 1.165) is 54.0 Å². The summed E-state index contributed by atoms with van der Waals surface area (Å²) in [5, 5.41) is 7.08. The summed E-state index contributed by atoms with van der Waals surface area (Å²) in [5.74, 6) is -0.486. The van der Waals surface area contributed by atoms with Crippen LogP contribution in [0.25, 0.3) is 22.3 Å². The molecular weight excluding hydrogens is 446 g/mol. The van der Waals surface area contributed by atoms with E-state index in [0.29, 0.717) is 5.56 Å². The van der Waals surface area contributed by atoms with E-state index in [2.05, 4.69) is 27.0 Å². The van der Waals surface area contributed by atoms with Crippen LogP contribution in [0.15, 0.2) is 73.1 Å². The standard InChI is InChI=1S/C28H28F2N4O/c1-33-11-13-34(14-12-33)28(23-17-31-32-18-23)22-7-9-25(29)24(15-22)20-5-3-19(4-6-20)21-8-10-27(35-2)26(30)16-21/h3-10,15-18,28H,11-14H2,1-2H3,(H,31,32). The number of ether oxygens (including phenoxy) is 1. The van der Waals surface area contributed by atoms with Crippen molar-refractivity contribution in [3.8, 4) is 28.0 Å². The van der Waals surface area contributed by atoms with E-state index in [1.165, 1.54) is 13.2 Å². The SMILES string of the molecule is COc1ccc(-c2ccc(-c3cc(C(c4cn[nH]c4)N4CCN(C)CC4)ccc3F)cc2)cc1F. The number of nitrogens with zero attached hydrogens (tertiary/aromatic N) is 3. The van der Waals surface area contributed by atoms with Crippen molar-refractivity contribution in [3.63, 3.8) is 0 Å². The van der Waals surface area contributed by atoms with Crippen molar-refractivity contribution in [1.29, 1.82) is 0 Å². The lowest BCUT2D eigenvalue weighted by molar-refractivity contribution is 0.127. The lowest BCUT2D eigenvalue weighted by Gasteiger charge is -2.38. The zero-order valence-corrected chi connectivity index (χ0v) is 19.8. The number of methoxy groups -OCH3 is 1. The molecule has 0 saturated carbocycles. The minimum Gasteiger partial charge on any atom is -0.494 e. The molecule has 1 aliphatic rings. The Bertz CT molecular complexity index is 1280. The molecule has 0 amide bonds. The third kappa shape index (κ3) is 4.83.